The Labute approximate surface area is 114 Å². The van der Waals surface area contributed by atoms with Crippen LogP contribution in [0, 0.1) is 13.8 Å². The maximum absolute atomic E-state index is 5.74. The highest BCUT2D eigenvalue weighted by molar-refractivity contribution is 5.35. The van der Waals surface area contributed by atoms with Crippen LogP contribution in [0.5, 0.6) is 5.75 Å². The third-order valence-electron chi connectivity index (χ3n) is 2.87. The van der Waals surface area contributed by atoms with Gasteiger partial charge >= 0.3 is 0 Å². The van der Waals surface area contributed by atoms with E-state index in [1.54, 1.807) is 0 Å². The van der Waals surface area contributed by atoms with Crippen LogP contribution in [0.1, 0.15) is 17.7 Å². The number of ether oxygens (including phenoxy) is 1. The van der Waals surface area contributed by atoms with E-state index in [-0.39, 0.29) is 0 Å². The Hall–Kier alpha value is -2.03. The van der Waals surface area contributed by atoms with Crippen molar-refractivity contribution in [1.29, 1.82) is 0 Å². The highest BCUT2D eigenvalue weighted by Gasteiger charge is 1.97. The molecule has 1 aromatic heterocycles. The summed E-state index contributed by atoms with van der Waals surface area (Å²) in [5.41, 5.74) is 2.21. The van der Waals surface area contributed by atoms with Gasteiger partial charge in [-0.2, -0.15) is 0 Å². The van der Waals surface area contributed by atoms with Gasteiger partial charge in [0.25, 0.3) is 0 Å². The fourth-order valence-corrected chi connectivity index (χ4v) is 1.83. The summed E-state index contributed by atoms with van der Waals surface area (Å²) in [5, 5.41) is 3.30. The van der Waals surface area contributed by atoms with Gasteiger partial charge in [0.05, 0.1) is 6.61 Å². The van der Waals surface area contributed by atoms with Crippen molar-refractivity contribution in [3.63, 3.8) is 0 Å². The average molecular weight is 256 g/mol. The summed E-state index contributed by atoms with van der Waals surface area (Å²) in [7, 11) is 0. The Morgan fingerprint density at radius 3 is 2.68 bits per heavy atom. The van der Waals surface area contributed by atoms with Crippen LogP contribution in [0.2, 0.25) is 0 Å². The third-order valence-corrected chi connectivity index (χ3v) is 2.87. The molecule has 3 heteroatoms. The van der Waals surface area contributed by atoms with Crippen molar-refractivity contribution in [2.24, 2.45) is 0 Å². The van der Waals surface area contributed by atoms with Crippen LogP contribution in [0.15, 0.2) is 42.5 Å². The Bertz CT molecular complexity index is 526. The monoisotopic (exact) mass is 256 g/mol. The molecule has 0 saturated carbocycles. The molecule has 0 unspecified atom stereocenters. The first-order valence-corrected chi connectivity index (χ1v) is 6.61. The zero-order valence-corrected chi connectivity index (χ0v) is 11.5. The van der Waals surface area contributed by atoms with E-state index in [4.69, 9.17) is 4.74 Å². The Morgan fingerprint density at radius 2 is 1.89 bits per heavy atom. The molecule has 0 aliphatic heterocycles. The maximum Gasteiger partial charge on any atom is 0.126 e. The van der Waals surface area contributed by atoms with Crippen molar-refractivity contribution >= 4 is 5.82 Å². The number of nitrogens with one attached hydrogen (secondary N) is 1. The molecule has 3 nitrogen and oxygen atoms in total. The first kappa shape index (κ1) is 13.4. The lowest BCUT2D eigenvalue weighted by atomic mass is 10.2. The summed E-state index contributed by atoms with van der Waals surface area (Å²) in [6.45, 7) is 5.63. The second-order valence-electron chi connectivity index (χ2n) is 4.56. The van der Waals surface area contributed by atoms with E-state index >= 15 is 0 Å². The van der Waals surface area contributed by atoms with Crippen LogP contribution in [0.3, 0.4) is 0 Å². The lowest BCUT2D eigenvalue weighted by Crippen LogP contribution is -2.08. The third kappa shape index (κ3) is 4.28. The number of rotatable bonds is 6. The molecule has 2 aromatic rings. The van der Waals surface area contributed by atoms with Crippen LogP contribution in [0.4, 0.5) is 5.82 Å². The van der Waals surface area contributed by atoms with Gasteiger partial charge in [-0.25, -0.2) is 4.98 Å². The molecule has 0 spiro atoms. The summed E-state index contributed by atoms with van der Waals surface area (Å²) < 4.78 is 5.74. The fourth-order valence-electron chi connectivity index (χ4n) is 1.83. The Morgan fingerprint density at radius 1 is 1.05 bits per heavy atom. The van der Waals surface area contributed by atoms with E-state index in [9.17, 15) is 0 Å². The number of aromatic nitrogens is 1. The molecule has 0 amide bonds. The number of hydrogen-bond donors (Lipinski definition) is 1. The van der Waals surface area contributed by atoms with Gasteiger partial charge in [-0.05, 0) is 44.0 Å². The number of hydrogen-bond acceptors (Lipinski definition) is 3. The Kier molecular flexibility index (Phi) is 4.78. The SMILES string of the molecule is Cc1cccc(NCCCOc2ccccc2C)n1. The second kappa shape index (κ2) is 6.78. The molecule has 0 radical (unpaired) electrons. The summed E-state index contributed by atoms with van der Waals surface area (Å²) in [5.74, 6) is 1.90. The molecule has 100 valence electrons. The summed E-state index contributed by atoms with van der Waals surface area (Å²) in [6, 6.07) is 14.1. The van der Waals surface area contributed by atoms with Gasteiger partial charge in [-0.15, -0.1) is 0 Å². The predicted molar refractivity (Wildman–Crippen MR) is 78.8 cm³/mol. The standard InChI is InChI=1S/C16H20N2O/c1-13-7-3-4-9-15(13)19-12-6-11-17-16-10-5-8-14(2)18-16/h3-5,7-10H,6,11-12H2,1-2H3,(H,17,18). The predicted octanol–water partition coefficient (Wildman–Crippen LogP) is 3.58. The highest BCUT2D eigenvalue weighted by Crippen LogP contribution is 2.16. The van der Waals surface area contributed by atoms with E-state index in [1.807, 2.05) is 43.3 Å². The molecule has 0 bridgehead atoms. The molecule has 1 N–H and O–H groups in total. The van der Waals surface area contributed by atoms with Gasteiger partial charge in [-0.1, -0.05) is 24.3 Å². The van der Waals surface area contributed by atoms with Gasteiger partial charge in [0.2, 0.25) is 0 Å². The summed E-state index contributed by atoms with van der Waals surface area (Å²) in [6.07, 6.45) is 0.948. The van der Waals surface area contributed by atoms with Crippen LogP contribution >= 0.6 is 0 Å². The van der Waals surface area contributed by atoms with E-state index in [2.05, 4.69) is 23.3 Å². The van der Waals surface area contributed by atoms with Crippen molar-refractivity contribution in [1.82, 2.24) is 4.98 Å². The van der Waals surface area contributed by atoms with E-state index in [0.717, 1.165) is 30.2 Å². The van der Waals surface area contributed by atoms with Gasteiger partial charge in [0.1, 0.15) is 11.6 Å². The number of aryl methyl sites for hydroxylation is 2. The lowest BCUT2D eigenvalue weighted by molar-refractivity contribution is 0.313. The largest absolute Gasteiger partial charge is 0.493 e. The minimum Gasteiger partial charge on any atom is -0.493 e. The molecule has 0 aliphatic rings. The van der Waals surface area contributed by atoms with Gasteiger partial charge in [0, 0.05) is 12.2 Å². The zero-order valence-electron chi connectivity index (χ0n) is 11.5. The van der Waals surface area contributed by atoms with Crippen molar-refractivity contribution in [2.45, 2.75) is 20.3 Å². The van der Waals surface area contributed by atoms with Gasteiger partial charge < -0.3 is 10.1 Å². The molecule has 0 fully saturated rings. The van der Waals surface area contributed by atoms with Gasteiger partial charge in [0.15, 0.2) is 0 Å². The molecule has 19 heavy (non-hydrogen) atoms. The summed E-state index contributed by atoms with van der Waals surface area (Å²) in [4.78, 5) is 4.39. The minimum atomic E-state index is 0.712. The topological polar surface area (TPSA) is 34.1 Å². The molecular formula is C16H20N2O. The average Bonchev–Trinajstić information content (AvgIpc) is 2.40. The van der Waals surface area contributed by atoms with E-state index < -0.39 is 0 Å². The number of nitrogens with zero attached hydrogens (tertiary/aromatic N) is 1. The molecule has 0 atom stereocenters. The van der Waals surface area contributed by atoms with Crippen molar-refractivity contribution in [3.05, 3.63) is 53.7 Å². The highest BCUT2D eigenvalue weighted by atomic mass is 16.5. The number of para-hydroxylation sites is 1. The normalized spacial score (nSPS) is 10.2. The molecule has 1 heterocycles. The van der Waals surface area contributed by atoms with E-state index in [0.29, 0.717) is 6.61 Å². The van der Waals surface area contributed by atoms with Crippen LogP contribution < -0.4 is 10.1 Å². The fraction of sp³-hybridized carbons (Fsp3) is 0.312. The number of pyridine rings is 1. The first-order valence-electron chi connectivity index (χ1n) is 6.61. The number of benzene rings is 1. The molecule has 1 aromatic carbocycles. The van der Waals surface area contributed by atoms with Crippen molar-refractivity contribution in [3.8, 4) is 5.75 Å². The minimum absolute atomic E-state index is 0.712. The van der Waals surface area contributed by atoms with Crippen molar-refractivity contribution in [2.75, 3.05) is 18.5 Å². The summed E-state index contributed by atoms with van der Waals surface area (Å²) >= 11 is 0. The second-order valence-corrected chi connectivity index (χ2v) is 4.56. The zero-order chi connectivity index (χ0) is 13.5. The lowest BCUT2D eigenvalue weighted by Gasteiger charge is -2.09. The number of anilines is 1. The smallest absolute Gasteiger partial charge is 0.126 e. The molecular weight excluding hydrogens is 236 g/mol. The molecule has 0 saturated heterocycles. The van der Waals surface area contributed by atoms with E-state index in [1.165, 1.54) is 5.56 Å². The van der Waals surface area contributed by atoms with Gasteiger partial charge in [-0.3, -0.25) is 0 Å². The van der Waals surface area contributed by atoms with Crippen molar-refractivity contribution < 1.29 is 4.74 Å². The van der Waals surface area contributed by atoms with Crippen LogP contribution in [-0.4, -0.2) is 18.1 Å². The maximum atomic E-state index is 5.74. The Balaban J connectivity index is 1.69. The first-order chi connectivity index (χ1) is 9.25. The van der Waals surface area contributed by atoms with Crippen LogP contribution in [0.25, 0.3) is 0 Å². The van der Waals surface area contributed by atoms with Crippen LogP contribution in [-0.2, 0) is 0 Å². The molecule has 2 rings (SSSR count). The quantitative estimate of drug-likeness (QED) is 0.802. The molecule has 0 aliphatic carbocycles.